The number of ether oxygens (including phenoxy) is 1. The van der Waals surface area contributed by atoms with Crippen molar-refractivity contribution in [3.63, 3.8) is 0 Å². The van der Waals surface area contributed by atoms with Gasteiger partial charge in [0, 0.05) is 33.6 Å². The first-order valence-electron chi connectivity index (χ1n) is 8.67. The van der Waals surface area contributed by atoms with Crippen LogP contribution in [-0.2, 0) is 0 Å². The normalized spacial score (nSPS) is 18.3. The van der Waals surface area contributed by atoms with E-state index in [0.29, 0.717) is 17.0 Å². The molecule has 1 aliphatic heterocycles. The average Bonchev–Trinajstić information content (AvgIpc) is 2.68. The number of rotatable bonds is 3. The van der Waals surface area contributed by atoms with Crippen molar-refractivity contribution in [3.8, 4) is 5.75 Å². The Morgan fingerprint density at radius 2 is 1.74 bits per heavy atom. The number of carbonyl (C=O) groups excluding carboxylic acids is 1. The Morgan fingerprint density at radius 3 is 2.48 bits per heavy atom. The highest BCUT2D eigenvalue weighted by Crippen LogP contribution is 2.43. The number of nitrogens with one attached hydrogen (secondary N) is 1. The van der Waals surface area contributed by atoms with Gasteiger partial charge in [0.1, 0.15) is 5.75 Å². The summed E-state index contributed by atoms with van der Waals surface area (Å²) >= 11 is 3.42. The number of anilines is 1. The first-order valence-corrected chi connectivity index (χ1v) is 9.46. The lowest BCUT2D eigenvalue weighted by Gasteiger charge is -2.30. The minimum atomic E-state index is -1.40. The Hall–Kier alpha value is -2.66. The van der Waals surface area contributed by atoms with Crippen molar-refractivity contribution >= 4 is 27.5 Å². The van der Waals surface area contributed by atoms with Crippen LogP contribution in [0.5, 0.6) is 5.75 Å². The Kier molecular flexibility index (Phi) is 4.94. The van der Waals surface area contributed by atoms with E-state index in [0.717, 1.165) is 15.6 Å². The molecule has 1 N–H and O–H groups in total. The van der Waals surface area contributed by atoms with Gasteiger partial charge in [-0.1, -0.05) is 52.3 Å². The molecule has 3 nitrogen and oxygen atoms in total. The van der Waals surface area contributed by atoms with Gasteiger partial charge in [-0.2, -0.15) is 0 Å². The summed E-state index contributed by atoms with van der Waals surface area (Å²) in [5.74, 6) is -0.0713. The van der Waals surface area contributed by atoms with E-state index in [9.17, 15) is 9.18 Å². The summed E-state index contributed by atoms with van der Waals surface area (Å²) < 4.78 is 20.6. The van der Waals surface area contributed by atoms with E-state index < -0.39 is 6.36 Å². The topological polar surface area (TPSA) is 38.3 Å². The number of alkyl halides is 1. The Balaban J connectivity index is 1.75. The second-order valence-electron chi connectivity index (χ2n) is 6.41. The quantitative estimate of drug-likeness (QED) is 0.566. The summed E-state index contributed by atoms with van der Waals surface area (Å²) in [6.45, 7) is 0. The predicted octanol–water partition coefficient (Wildman–Crippen LogP) is 5.91. The highest BCUT2D eigenvalue weighted by atomic mass is 79.9. The third-order valence-corrected chi connectivity index (χ3v) is 5.17. The maximum absolute atomic E-state index is 14.2. The van der Waals surface area contributed by atoms with Crippen molar-refractivity contribution in [2.24, 2.45) is 0 Å². The van der Waals surface area contributed by atoms with Gasteiger partial charge in [0.05, 0.1) is 0 Å². The molecule has 0 radical (unpaired) electrons. The summed E-state index contributed by atoms with van der Waals surface area (Å²) in [4.78, 5) is 12.9. The van der Waals surface area contributed by atoms with Crippen LogP contribution in [0.2, 0.25) is 0 Å². The molecule has 3 aromatic rings. The summed E-state index contributed by atoms with van der Waals surface area (Å²) in [5, 5.41) is 2.90. The molecule has 0 unspecified atom stereocenters. The number of hydrogen-bond donors (Lipinski definition) is 1. The Bertz CT molecular complexity index is 960. The van der Waals surface area contributed by atoms with Gasteiger partial charge in [0.2, 0.25) is 6.36 Å². The van der Waals surface area contributed by atoms with E-state index in [1.165, 1.54) is 0 Å². The van der Waals surface area contributed by atoms with Gasteiger partial charge in [-0.25, -0.2) is 4.39 Å². The van der Waals surface area contributed by atoms with E-state index in [1.807, 2.05) is 54.6 Å². The Labute approximate surface area is 165 Å². The third-order valence-electron chi connectivity index (χ3n) is 4.64. The fourth-order valence-corrected chi connectivity index (χ4v) is 3.68. The number of benzene rings is 3. The molecule has 2 atom stereocenters. The number of hydrogen-bond acceptors (Lipinski definition) is 2. The average molecular weight is 426 g/mol. The van der Waals surface area contributed by atoms with Crippen molar-refractivity contribution in [1.82, 2.24) is 0 Å². The van der Waals surface area contributed by atoms with E-state index in [2.05, 4.69) is 21.2 Å². The van der Waals surface area contributed by atoms with Crippen LogP contribution in [0.15, 0.2) is 77.3 Å². The molecule has 0 saturated heterocycles. The van der Waals surface area contributed by atoms with Crippen LogP contribution in [-0.4, -0.2) is 12.3 Å². The zero-order valence-corrected chi connectivity index (χ0v) is 15.9. The van der Waals surface area contributed by atoms with Gasteiger partial charge in [-0.05, 0) is 42.0 Å². The molecule has 1 heterocycles. The maximum atomic E-state index is 14.2. The van der Waals surface area contributed by atoms with Crippen LogP contribution in [0.4, 0.5) is 10.1 Å². The molecule has 5 heteroatoms. The first kappa shape index (κ1) is 17.7. The van der Waals surface area contributed by atoms with Crippen LogP contribution < -0.4 is 10.1 Å². The highest BCUT2D eigenvalue weighted by Gasteiger charge is 2.33. The SMILES string of the molecule is O=C(Nc1ccccc1)c1cccc2c1[C@@H](c1ccc(Br)cc1)C[C@@H](F)O2. The molecule has 27 heavy (non-hydrogen) atoms. The number of fused-ring (bicyclic) bond motifs is 1. The van der Waals surface area contributed by atoms with E-state index in [4.69, 9.17) is 4.74 Å². The summed E-state index contributed by atoms with van der Waals surface area (Å²) in [6, 6.07) is 22.2. The molecule has 136 valence electrons. The second kappa shape index (κ2) is 7.53. The molecule has 0 aliphatic carbocycles. The molecule has 0 aromatic heterocycles. The minimum absolute atomic E-state index is 0.171. The van der Waals surface area contributed by atoms with E-state index in [-0.39, 0.29) is 18.2 Å². The molecule has 0 bridgehead atoms. The Morgan fingerprint density at radius 1 is 1.00 bits per heavy atom. The lowest BCUT2D eigenvalue weighted by molar-refractivity contribution is 0.0415. The zero-order valence-electron chi connectivity index (χ0n) is 14.4. The largest absolute Gasteiger partial charge is 0.460 e. The van der Waals surface area contributed by atoms with Gasteiger partial charge in [-0.3, -0.25) is 4.79 Å². The molecular weight excluding hydrogens is 409 g/mol. The van der Waals surface area contributed by atoms with Crippen LogP contribution in [0.25, 0.3) is 0 Å². The monoisotopic (exact) mass is 425 g/mol. The van der Waals surface area contributed by atoms with Crippen molar-refractivity contribution in [2.75, 3.05) is 5.32 Å². The van der Waals surface area contributed by atoms with Crippen molar-refractivity contribution in [3.05, 3.63) is 94.0 Å². The summed E-state index contributed by atoms with van der Waals surface area (Å²) in [6.07, 6.45) is -1.23. The number of carbonyl (C=O) groups is 1. The molecule has 0 spiro atoms. The molecule has 4 rings (SSSR count). The van der Waals surface area contributed by atoms with E-state index in [1.54, 1.807) is 18.2 Å². The van der Waals surface area contributed by atoms with Crippen LogP contribution in [0.1, 0.15) is 33.8 Å². The van der Waals surface area contributed by atoms with Gasteiger partial charge in [-0.15, -0.1) is 0 Å². The van der Waals surface area contributed by atoms with Crippen LogP contribution in [0, 0.1) is 0 Å². The summed E-state index contributed by atoms with van der Waals surface area (Å²) in [7, 11) is 0. The smallest absolute Gasteiger partial charge is 0.256 e. The molecular formula is C22H17BrFNO2. The molecule has 1 amide bonds. The number of para-hydroxylation sites is 1. The molecule has 1 aliphatic rings. The predicted molar refractivity (Wildman–Crippen MR) is 107 cm³/mol. The lowest BCUT2D eigenvalue weighted by Crippen LogP contribution is -2.26. The minimum Gasteiger partial charge on any atom is -0.460 e. The molecule has 0 fully saturated rings. The molecule has 0 saturated carbocycles. The van der Waals surface area contributed by atoms with E-state index >= 15 is 0 Å². The lowest BCUT2D eigenvalue weighted by atomic mass is 9.83. The van der Waals surface area contributed by atoms with Gasteiger partial charge < -0.3 is 10.1 Å². The number of amides is 1. The highest BCUT2D eigenvalue weighted by molar-refractivity contribution is 9.10. The first-order chi connectivity index (χ1) is 13.1. The third kappa shape index (κ3) is 3.74. The van der Waals surface area contributed by atoms with Gasteiger partial charge in [0.25, 0.3) is 5.91 Å². The molecule has 3 aromatic carbocycles. The van der Waals surface area contributed by atoms with Crippen molar-refractivity contribution < 1.29 is 13.9 Å². The van der Waals surface area contributed by atoms with Gasteiger partial charge in [0.15, 0.2) is 0 Å². The summed E-state index contributed by atoms with van der Waals surface area (Å²) in [5.41, 5.74) is 2.88. The van der Waals surface area contributed by atoms with Crippen LogP contribution in [0.3, 0.4) is 0 Å². The maximum Gasteiger partial charge on any atom is 0.256 e. The number of halogens is 2. The van der Waals surface area contributed by atoms with Crippen molar-refractivity contribution in [2.45, 2.75) is 18.7 Å². The standard InChI is InChI=1S/C22H17BrFNO2/c23-15-11-9-14(10-12-15)18-13-20(24)27-19-8-4-7-17(21(18)19)22(26)25-16-5-2-1-3-6-16/h1-12,18,20H,13H2,(H,25,26)/t18-,20+/m1/s1. The fourth-order valence-electron chi connectivity index (χ4n) is 3.41. The zero-order chi connectivity index (χ0) is 18.8. The van der Waals surface area contributed by atoms with Gasteiger partial charge >= 0.3 is 0 Å². The second-order valence-corrected chi connectivity index (χ2v) is 7.32. The van der Waals surface area contributed by atoms with Crippen molar-refractivity contribution in [1.29, 1.82) is 0 Å². The van der Waals surface area contributed by atoms with Crippen LogP contribution >= 0.6 is 15.9 Å². The fraction of sp³-hybridized carbons (Fsp3) is 0.136.